The summed E-state index contributed by atoms with van der Waals surface area (Å²) in [6.07, 6.45) is 3.29. The predicted octanol–water partition coefficient (Wildman–Crippen LogP) is 1.45. The zero-order valence-electron chi connectivity index (χ0n) is 5.89. The SMILES string of the molecule is C=C/C(C)=N\C=C(/C)N. The summed E-state index contributed by atoms with van der Waals surface area (Å²) < 4.78 is 0. The van der Waals surface area contributed by atoms with Crippen molar-refractivity contribution in [3.05, 3.63) is 24.6 Å². The molecular weight excluding hydrogens is 112 g/mol. The molecule has 0 aromatic carbocycles. The van der Waals surface area contributed by atoms with Gasteiger partial charge in [-0.05, 0) is 19.9 Å². The zero-order valence-corrected chi connectivity index (χ0v) is 5.89. The van der Waals surface area contributed by atoms with Gasteiger partial charge >= 0.3 is 0 Å². The van der Waals surface area contributed by atoms with Crippen LogP contribution in [0.25, 0.3) is 0 Å². The van der Waals surface area contributed by atoms with Crippen molar-refractivity contribution in [3.8, 4) is 0 Å². The minimum absolute atomic E-state index is 0.705. The van der Waals surface area contributed by atoms with Gasteiger partial charge in [-0.15, -0.1) is 0 Å². The largest absolute Gasteiger partial charge is 0.401 e. The first kappa shape index (κ1) is 7.95. The maximum Gasteiger partial charge on any atom is 0.0455 e. The van der Waals surface area contributed by atoms with Crippen LogP contribution in [-0.4, -0.2) is 5.71 Å². The lowest BCUT2D eigenvalue weighted by atomic mass is 10.4. The molecule has 0 aliphatic heterocycles. The Bertz CT molecular complexity index is 150. The number of nitrogens with two attached hydrogens (primary N) is 1. The van der Waals surface area contributed by atoms with Crippen LogP contribution >= 0.6 is 0 Å². The third-order valence-electron chi connectivity index (χ3n) is 0.767. The van der Waals surface area contributed by atoms with Crippen LogP contribution in [0.2, 0.25) is 0 Å². The molecule has 2 heteroatoms. The van der Waals surface area contributed by atoms with E-state index < -0.39 is 0 Å². The van der Waals surface area contributed by atoms with Crippen molar-refractivity contribution in [1.82, 2.24) is 0 Å². The molecule has 0 aromatic rings. The molecule has 50 valence electrons. The molecule has 0 saturated carbocycles. The van der Waals surface area contributed by atoms with Crippen LogP contribution in [0.3, 0.4) is 0 Å². The first-order chi connectivity index (χ1) is 4.16. The number of nitrogens with zero attached hydrogens (tertiary/aromatic N) is 1. The monoisotopic (exact) mass is 124 g/mol. The molecule has 2 nitrogen and oxygen atoms in total. The van der Waals surface area contributed by atoms with Gasteiger partial charge in [0, 0.05) is 17.6 Å². The molecule has 0 aliphatic rings. The molecule has 0 amide bonds. The summed E-state index contributed by atoms with van der Waals surface area (Å²) in [6.45, 7) is 7.20. The summed E-state index contributed by atoms with van der Waals surface area (Å²) in [5.74, 6) is 0. The van der Waals surface area contributed by atoms with E-state index in [1.165, 1.54) is 0 Å². The average molecular weight is 124 g/mol. The summed E-state index contributed by atoms with van der Waals surface area (Å²) in [7, 11) is 0. The van der Waals surface area contributed by atoms with E-state index in [1.54, 1.807) is 19.2 Å². The predicted molar refractivity (Wildman–Crippen MR) is 41.3 cm³/mol. The number of hydrogen-bond acceptors (Lipinski definition) is 2. The normalized spacial score (nSPS) is 13.6. The minimum Gasteiger partial charge on any atom is -0.401 e. The molecule has 0 atom stereocenters. The van der Waals surface area contributed by atoms with Gasteiger partial charge in [0.25, 0.3) is 0 Å². The van der Waals surface area contributed by atoms with Crippen LogP contribution in [0, 0.1) is 0 Å². The number of hydrogen-bond donors (Lipinski definition) is 1. The molecule has 2 N–H and O–H groups in total. The molecule has 9 heavy (non-hydrogen) atoms. The lowest BCUT2D eigenvalue weighted by molar-refractivity contribution is 1.27. The summed E-state index contributed by atoms with van der Waals surface area (Å²) in [4.78, 5) is 3.95. The summed E-state index contributed by atoms with van der Waals surface area (Å²) in [6, 6.07) is 0. The fourth-order valence-corrected chi connectivity index (χ4v) is 0.256. The Kier molecular flexibility index (Phi) is 3.44. The van der Waals surface area contributed by atoms with E-state index >= 15 is 0 Å². The van der Waals surface area contributed by atoms with E-state index in [-0.39, 0.29) is 0 Å². The van der Waals surface area contributed by atoms with Gasteiger partial charge in [-0.2, -0.15) is 0 Å². The highest BCUT2D eigenvalue weighted by atomic mass is 14.7. The summed E-state index contributed by atoms with van der Waals surface area (Å²) in [5, 5.41) is 0. The molecule has 0 radical (unpaired) electrons. The van der Waals surface area contributed by atoms with E-state index in [0.29, 0.717) is 5.70 Å². The molecule has 0 aliphatic carbocycles. The van der Waals surface area contributed by atoms with Gasteiger partial charge in [0.1, 0.15) is 0 Å². The lowest BCUT2D eigenvalue weighted by Crippen LogP contribution is -1.89. The van der Waals surface area contributed by atoms with Crippen molar-refractivity contribution >= 4 is 5.71 Å². The highest BCUT2D eigenvalue weighted by Gasteiger charge is 1.76. The second-order valence-electron chi connectivity index (χ2n) is 1.85. The molecule has 0 aromatic heterocycles. The van der Waals surface area contributed by atoms with Crippen LogP contribution in [-0.2, 0) is 0 Å². The van der Waals surface area contributed by atoms with Crippen LogP contribution in [0.4, 0.5) is 0 Å². The molecule has 0 bridgehead atoms. The number of allylic oxidation sites excluding steroid dienone is 2. The van der Waals surface area contributed by atoms with Crippen molar-refractivity contribution in [2.45, 2.75) is 13.8 Å². The average Bonchev–Trinajstić information content (AvgIpc) is 1.83. The highest BCUT2D eigenvalue weighted by molar-refractivity contribution is 5.92. The highest BCUT2D eigenvalue weighted by Crippen LogP contribution is 1.83. The Morgan fingerprint density at radius 3 is 2.44 bits per heavy atom. The van der Waals surface area contributed by atoms with Crippen molar-refractivity contribution in [1.29, 1.82) is 0 Å². The van der Waals surface area contributed by atoms with E-state index in [1.807, 2.05) is 6.92 Å². The van der Waals surface area contributed by atoms with Gasteiger partial charge in [0.05, 0.1) is 0 Å². The molecule has 0 saturated heterocycles. The van der Waals surface area contributed by atoms with Crippen molar-refractivity contribution in [2.24, 2.45) is 10.7 Å². The third-order valence-corrected chi connectivity index (χ3v) is 0.767. The Morgan fingerprint density at radius 2 is 2.11 bits per heavy atom. The second-order valence-corrected chi connectivity index (χ2v) is 1.85. The van der Waals surface area contributed by atoms with E-state index in [9.17, 15) is 0 Å². The Morgan fingerprint density at radius 1 is 1.56 bits per heavy atom. The first-order valence-corrected chi connectivity index (χ1v) is 2.76. The molecule has 0 spiro atoms. The van der Waals surface area contributed by atoms with Crippen LogP contribution in [0.5, 0.6) is 0 Å². The fraction of sp³-hybridized carbons (Fsp3) is 0.286. The van der Waals surface area contributed by atoms with Gasteiger partial charge < -0.3 is 5.73 Å². The second kappa shape index (κ2) is 3.89. The van der Waals surface area contributed by atoms with E-state index in [2.05, 4.69) is 11.6 Å². The van der Waals surface area contributed by atoms with Gasteiger partial charge in [0.2, 0.25) is 0 Å². The quantitative estimate of drug-likeness (QED) is 0.556. The van der Waals surface area contributed by atoms with Gasteiger partial charge in [-0.25, -0.2) is 0 Å². The van der Waals surface area contributed by atoms with E-state index in [0.717, 1.165) is 5.71 Å². The van der Waals surface area contributed by atoms with Gasteiger partial charge in [0.15, 0.2) is 0 Å². The molecule has 0 unspecified atom stereocenters. The zero-order chi connectivity index (χ0) is 7.28. The Balaban J connectivity index is 3.98. The molecule has 0 fully saturated rings. The fourth-order valence-electron chi connectivity index (χ4n) is 0.256. The topological polar surface area (TPSA) is 38.4 Å². The van der Waals surface area contributed by atoms with Crippen molar-refractivity contribution in [3.63, 3.8) is 0 Å². The molecular formula is C7H12N2. The number of rotatable bonds is 2. The smallest absolute Gasteiger partial charge is 0.0455 e. The summed E-state index contributed by atoms with van der Waals surface area (Å²) >= 11 is 0. The maximum absolute atomic E-state index is 5.32. The third kappa shape index (κ3) is 4.81. The van der Waals surface area contributed by atoms with Crippen molar-refractivity contribution < 1.29 is 0 Å². The standard InChI is InChI=1S/C7H12N2/c1-4-7(3)9-5-6(2)8/h4-5H,1,8H2,2-3H3/b6-5+,9-7-. The Hall–Kier alpha value is -1.05. The van der Waals surface area contributed by atoms with Gasteiger partial charge in [-0.3, -0.25) is 4.99 Å². The first-order valence-electron chi connectivity index (χ1n) is 2.76. The maximum atomic E-state index is 5.32. The lowest BCUT2D eigenvalue weighted by Gasteiger charge is -1.86. The van der Waals surface area contributed by atoms with Crippen LogP contribution in [0.15, 0.2) is 29.5 Å². The minimum atomic E-state index is 0.705. The summed E-state index contributed by atoms with van der Waals surface area (Å²) in [5.41, 5.74) is 6.89. The molecule has 0 rings (SSSR count). The van der Waals surface area contributed by atoms with Crippen LogP contribution in [0.1, 0.15) is 13.8 Å². The molecule has 0 heterocycles. The van der Waals surface area contributed by atoms with Crippen LogP contribution < -0.4 is 5.73 Å². The van der Waals surface area contributed by atoms with E-state index in [4.69, 9.17) is 5.73 Å². The van der Waals surface area contributed by atoms with Crippen molar-refractivity contribution in [2.75, 3.05) is 0 Å². The van der Waals surface area contributed by atoms with Gasteiger partial charge in [-0.1, -0.05) is 6.58 Å². The Labute approximate surface area is 55.8 Å². The number of aliphatic imine (C=N–C) groups is 1.